The first kappa shape index (κ1) is 14.7. The Bertz CT molecular complexity index is 401. The number of aryl methyl sites for hydroxylation is 2. The highest BCUT2D eigenvalue weighted by Crippen LogP contribution is 2.11. The van der Waals surface area contributed by atoms with Crippen molar-refractivity contribution < 1.29 is 4.79 Å². The molecule has 0 aliphatic rings. The first-order valence-corrected chi connectivity index (χ1v) is 6.59. The van der Waals surface area contributed by atoms with Crippen molar-refractivity contribution in [3.63, 3.8) is 0 Å². The van der Waals surface area contributed by atoms with E-state index in [9.17, 15) is 4.79 Å². The van der Waals surface area contributed by atoms with E-state index in [2.05, 4.69) is 42.7 Å². The van der Waals surface area contributed by atoms with Gasteiger partial charge in [0.05, 0.1) is 6.42 Å². The molecule has 0 radical (unpaired) electrons. The minimum Gasteiger partial charge on any atom is -0.354 e. The lowest BCUT2D eigenvalue weighted by Crippen LogP contribution is -2.39. The van der Waals surface area contributed by atoms with Gasteiger partial charge in [-0.15, -0.1) is 0 Å². The molecule has 18 heavy (non-hydrogen) atoms. The molecule has 0 aromatic heterocycles. The van der Waals surface area contributed by atoms with Crippen molar-refractivity contribution in [2.45, 2.75) is 40.2 Å². The lowest BCUT2D eigenvalue weighted by molar-refractivity contribution is -0.120. The molecule has 0 heterocycles. The Hall–Kier alpha value is -1.35. The first-order chi connectivity index (χ1) is 8.52. The van der Waals surface area contributed by atoms with Crippen LogP contribution >= 0.6 is 0 Å². The minimum atomic E-state index is 0.0912. The molecule has 0 aliphatic heterocycles. The lowest BCUT2D eigenvalue weighted by atomic mass is 10.0. The summed E-state index contributed by atoms with van der Waals surface area (Å²) in [5.74, 6) is 0.0912. The number of carbonyl (C=O) groups is 1. The van der Waals surface area contributed by atoms with Crippen molar-refractivity contribution in [2.75, 3.05) is 13.1 Å². The van der Waals surface area contributed by atoms with E-state index < -0.39 is 0 Å². The van der Waals surface area contributed by atoms with Crippen LogP contribution in [0.15, 0.2) is 18.2 Å². The van der Waals surface area contributed by atoms with Crippen LogP contribution in [0.4, 0.5) is 0 Å². The fourth-order valence-corrected chi connectivity index (χ4v) is 1.91. The van der Waals surface area contributed by atoms with Gasteiger partial charge in [-0.2, -0.15) is 0 Å². The van der Waals surface area contributed by atoms with Crippen molar-refractivity contribution in [3.05, 3.63) is 34.9 Å². The standard InChI is InChI=1S/C15H24N2O/c1-5-16-13(4)10-17-15(18)9-14-8-11(2)6-7-12(14)3/h6-8,13,16H,5,9-10H2,1-4H3,(H,17,18)/t13-/m1/s1. The van der Waals surface area contributed by atoms with Crippen LogP contribution in [0.2, 0.25) is 0 Å². The summed E-state index contributed by atoms with van der Waals surface area (Å²) in [5.41, 5.74) is 3.49. The summed E-state index contributed by atoms with van der Waals surface area (Å²) in [6.07, 6.45) is 0.465. The maximum atomic E-state index is 11.8. The van der Waals surface area contributed by atoms with Crippen LogP contribution in [-0.2, 0) is 11.2 Å². The van der Waals surface area contributed by atoms with Gasteiger partial charge in [0.1, 0.15) is 0 Å². The molecule has 1 aromatic carbocycles. The molecule has 0 fully saturated rings. The van der Waals surface area contributed by atoms with Crippen LogP contribution in [0.1, 0.15) is 30.5 Å². The van der Waals surface area contributed by atoms with Crippen LogP contribution < -0.4 is 10.6 Å². The van der Waals surface area contributed by atoms with Crippen molar-refractivity contribution in [1.29, 1.82) is 0 Å². The zero-order valence-corrected chi connectivity index (χ0v) is 11.8. The van der Waals surface area contributed by atoms with Gasteiger partial charge in [-0.3, -0.25) is 4.79 Å². The van der Waals surface area contributed by atoms with Gasteiger partial charge < -0.3 is 10.6 Å². The molecular weight excluding hydrogens is 224 g/mol. The maximum Gasteiger partial charge on any atom is 0.224 e. The van der Waals surface area contributed by atoms with Gasteiger partial charge in [-0.05, 0) is 38.4 Å². The Labute approximate surface area is 110 Å². The predicted octanol–water partition coefficient (Wildman–Crippen LogP) is 1.96. The number of benzene rings is 1. The van der Waals surface area contributed by atoms with E-state index in [1.165, 1.54) is 11.1 Å². The molecule has 1 aromatic rings. The highest BCUT2D eigenvalue weighted by atomic mass is 16.1. The Balaban J connectivity index is 2.47. The average molecular weight is 248 g/mol. The predicted molar refractivity (Wildman–Crippen MR) is 75.8 cm³/mol. The number of carbonyl (C=O) groups excluding carboxylic acids is 1. The van der Waals surface area contributed by atoms with E-state index in [0.717, 1.165) is 12.1 Å². The van der Waals surface area contributed by atoms with Gasteiger partial charge in [0.25, 0.3) is 0 Å². The number of likely N-dealkylation sites (N-methyl/N-ethyl adjacent to an activating group) is 1. The molecule has 1 amide bonds. The number of nitrogens with one attached hydrogen (secondary N) is 2. The van der Waals surface area contributed by atoms with Crippen LogP contribution in [0.3, 0.4) is 0 Å². The third kappa shape index (κ3) is 4.88. The molecule has 0 unspecified atom stereocenters. The van der Waals surface area contributed by atoms with Gasteiger partial charge >= 0.3 is 0 Å². The number of hydrogen-bond acceptors (Lipinski definition) is 2. The number of hydrogen-bond donors (Lipinski definition) is 2. The Kier molecular flexibility index (Phi) is 5.86. The summed E-state index contributed by atoms with van der Waals surface area (Å²) in [4.78, 5) is 11.8. The molecule has 0 spiro atoms. The van der Waals surface area contributed by atoms with E-state index >= 15 is 0 Å². The zero-order valence-electron chi connectivity index (χ0n) is 11.8. The molecule has 0 saturated carbocycles. The van der Waals surface area contributed by atoms with Crippen molar-refractivity contribution in [1.82, 2.24) is 10.6 Å². The van der Waals surface area contributed by atoms with E-state index in [4.69, 9.17) is 0 Å². The van der Waals surface area contributed by atoms with Crippen molar-refractivity contribution in [2.24, 2.45) is 0 Å². The zero-order chi connectivity index (χ0) is 13.5. The van der Waals surface area contributed by atoms with E-state index in [1.54, 1.807) is 0 Å². The summed E-state index contributed by atoms with van der Waals surface area (Å²) in [5, 5.41) is 6.23. The Morgan fingerprint density at radius 2 is 2.06 bits per heavy atom. The van der Waals surface area contributed by atoms with Crippen LogP contribution in [0.25, 0.3) is 0 Å². The molecular formula is C15H24N2O. The molecule has 0 aliphatic carbocycles. The fraction of sp³-hybridized carbons (Fsp3) is 0.533. The molecule has 3 nitrogen and oxygen atoms in total. The highest BCUT2D eigenvalue weighted by Gasteiger charge is 2.07. The lowest BCUT2D eigenvalue weighted by Gasteiger charge is -2.13. The monoisotopic (exact) mass is 248 g/mol. The quantitative estimate of drug-likeness (QED) is 0.808. The second-order valence-corrected chi connectivity index (χ2v) is 4.87. The first-order valence-electron chi connectivity index (χ1n) is 6.59. The molecule has 3 heteroatoms. The summed E-state index contributed by atoms with van der Waals surface area (Å²) in [6.45, 7) is 9.83. The van der Waals surface area contributed by atoms with Gasteiger partial charge in [0, 0.05) is 12.6 Å². The smallest absolute Gasteiger partial charge is 0.224 e. The van der Waals surface area contributed by atoms with Crippen LogP contribution in [0.5, 0.6) is 0 Å². The van der Waals surface area contributed by atoms with Crippen molar-refractivity contribution in [3.8, 4) is 0 Å². The van der Waals surface area contributed by atoms with E-state index in [1.807, 2.05) is 13.8 Å². The summed E-state index contributed by atoms with van der Waals surface area (Å²) < 4.78 is 0. The molecule has 0 saturated heterocycles. The van der Waals surface area contributed by atoms with E-state index in [-0.39, 0.29) is 5.91 Å². The van der Waals surface area contributed by atoms with Gasteiger partial charge in [-0.1, -0.05) is 30.7 Å². The van der Waals surface area contributed by atoms with Crippen LogP contribution in [0, 0.1) is 13.8 Å². The summed E-state index contributed by atoms with van der Waals surface area (Å²) in [7, 11) is 0. The topological polar surface area (TPSA) is 41.1 Å². The second-order valence-electron chi connectivity index (χ2n) is 4.87. The van der Waals surface area contributed by atoms with Crippen molar-refractivity contribution >= 4 is 5.91 Å². The third-order valence-corrected chi connectivity index (χ3v) is 3.01. The van der Waals surface area contributed by atoms with Gasteiger partial charge in [0.15, 0.2) is 0 Å². The average Bonchev–Trinajstić information content (AvgIpc) is 2.32. The molecule has 0 bridgehead atoms. The summed E-state index contributed by atoms with van der Waals surface area (Å²) in [6, 6.07) is 6.55. The van der Waals surface area contributed by atoms with Crippen LogP contribution in [-0.4, -0.2) is 25.0 Å². The molecule has 100 valence electrons. The second kappa shape index (κ2) is 7.17. The molecule has 1 rings (SSSR count). The Morgan fingerprint density at radius 3 is 2.72 bits per heavy atom. The van der Waals surface area contributed by atoms with Gasteiger partial charge in [0.2, 0.25) is 5.91 Å². The van der Waals surface area contributed by atoms with E-state index in [0.29, 0.717) is 19.0 Å². The Morgan fingerprint density at radius 1 is 1.33 bits per heavy atom. The van der Waals surface area contributed by atoms with Gasteiger partial charge in [-0.25, -0.2) is 0 Å². The highest BCUT2D eigenvalue weighted by molar-refractivity contribution is 5.79. The SMILES string of the molecule is CCN[C@H](C)CNC(=O)Cc1cc(C)ccc1C. The third-order valence-electron chi connectivity index (χ3n) is 3.01. The number of amides is 1. The largest absolute Gasteiger partial charge is 0.354 e. The normalized spacial score (nSPS) is 12.2. The minimum absolute atomic E-state index is 0.0912. The number of rotatable bonds is 6. The summed E-state index contributed by atoms with van der Waals surface area (Å²) >= 11 is 0. The fourth-order valence-electron chi connectivity index (χ4n) is 1.91. The molecule has 2 N–H and O–H groups in total. The maximum absolute atomic E-state index is 11.8. The molecule has 1 atom stereocenters.